The first-order valence-electron chi connectivity index (χ1n) is 4.15. The molecule has 1 N–H and O–H groups in total. The minimum absolute atomic E-state index is 0.195. The summed E-state index contributed by atoms with van der Waals surface area (Å²) in [5.41, 5.74) is 0.791. The normalized spacial score (nSPS) is 15.4. The average molecular weight is 322 g/mol. The number of hydrogen-bond acceptors (Lipinski definition) is 3. The molecule has 1 aromatic carbocycles. The first kappa shape index (κ1) is 10.2. The van der Waals surface area contributed by atoms with Crippen LogP contribution in [-0.2, 0) is 0 Å². The topological polar surface area (TPSA) is 24.4 Å². The fraction of sp³-hybridized carbons (Fsp3) is 0.222. The van der Waals surface area contributed by atoms with E-state index in [-0.39, 0.29) is 5.82 Å². The van der Waals surface area contributed by atoms with Crippen molar-refractivity contribution < 1.29 is 4.39 Å². The van der Waals surface area contributed by atoms with E-state index in [4.69, 9.17) is 0 Å². The molecule has 0 atom stereocenters. The highest BCUT2D eigenvalue weighted by Gasteiger charge is 2.10. The van der Waals surface area contributed by atoms with Crippen LogP contribution in [0.5, 0.6) is 0 Å². The number of nitrogens with zero attached hydrogens (tertiary/aromatic N) is 1. The van der Waals surface area contributed by atoms with Crippen molar-refractivity contribution in [2.75, 3.05) is 17.6 Å². The predicted octanol–water partition coefficient (Wildman–Crippen LogP) is 2.95. The summed E-state index contributed by atoms with van der Waals surface area (Å²) in [5.74, 6) is 0.813. The molecule has 14 heavy (non-hydrogen) atoms. The fourth-order valence-corrected chi connectivity index (χ4v) is 2.36. The molecule has 74 valence electrons. The van der Waals surface area contributed by atoms with Gasteiger partial charge in [0.2, 0.25) is 0 Å². The fourth-order valence-electron chi connectivity index (χ4n) is 1.13. The molecule has 0 saturated carbocycles. The summed E-state index contributed by atoms with van der Waals surface area (Å²) >= 11 is 3.65. The number of amidine groups is 1. The Morgan fingerprint density at radius 1 is 1.50 bits per heavy atom. The molecule has 0 aromatic heterocycles. The Morgan fingerprint density at radius 3 is 3.07 bits per heavy atom. The van der Waals surface area contributed by atoms with Gasteiger partial charge in [0.25, 0.3) is 0 Å². The molecule has 0 spiro atoms. The van der Waals surface area contributed by atoms with E-state index in [1.54, 1.807) is 17.8 Å². The van der Waals surface area contributed by atoms with E-state index in [1.165, 1.54) is 6.07 Å². The summed E-state index contributed by atoms with van der Waals surface area (Å²) in [6, 6.07) is 5.00. The van der Waals surface area contributed by atoms with Crippen molar-refractivity contribution in [1.29, 1.82) is 0 Å². The maximum Gasteiger partial charge on any atom is 0.161 e. The molecule has 0 unspecified atom stereocenters. The standard InChI is InChI=1S/C9H8FIN2S/c10-6-2-1-3-7(8(6)11)13-9-12-4-5-14-9/h1-3H,4-5H2,(H,12,13). The molecule has 2 nitrogen and oxygen atoms in total. The number of nitrogens with one attached hydrogen (secondary N) is 1. The Bertz CT molecular complexity index is 381. The van der Waals surface area contributed by atoms with Crippen molar-refractivity contribution in [3.8, 4) is 0 Å². The van der Waals surface area contributed by atoms with E-state index in [2.05, 4.69) is 10.3 Å². The van der Waals surface area contributed by atoms with Gasteiger partial charge in [-0.25, -0.2) is 4.39 Å². The quantitative estimate of drug-likeness (QED) is 0.804. The molecule has 1 aromatic rings. The van der Waals surface area contributed by atoms with Gasteiger partial charge in [0.05, 0.1) is 15.8 Å². The number of halogens is 2. The Labute approximate surface area is 99.5 Å². The van der Waals surface area contributed by atoms with Gasteiger partial charge in [-0.2, -0.15) is 0 Å². The zero-order valence-electron chi connectivity index (χ0n) is 7.26. The second kappa shape index (κ2) is 4.48. The molecule has 1 heterocycles. The Kier molecular flexibility index (Phi) is 3.27. The van der Waals surface area contributed by atoms with E-state index >= 15 is 0 Å². The lowest BCUT2D eigenvalue weighted by molar-refractivity contribution is 0.621. The van der Waals surface area contributed by atoms with Crippen molar-refractivity contribution in [2.45, 2.75) is 0 Å². The lowest BCUT2D eigenvalue weighted by Crippen LogP contribution is -2.06. The van der Waals surface area contributed by atoms with Gasteiger partial charge in [0, 0.05) is 5.75 Å². The molecular formula is C9H8FIN2S. The number of hydrogen-bond donors (Lipinski definition) is 1. The lowest BCUT2D eigenvalue weighted by atomic mass is 10.3. The molecule has 1 aliphatic heterocycles. The van der Waals surface area contributed by atoms with Crippen molar-refractivity contribution >= 4 is 45.2 Å². The molecule has 5 heteroatoms. The lowest BCUT2D eigenvalue weighted by Gasteiger charge is -2.07. The second-order valence-electron chi connectivity index (χ2n) is 2.76. The van der Waals surface area contributed by atoms with Gasteiger partial charge in [0.15, 0.2) is 5.17 Å². The minimum Gasteiger partial charge on any atom is -0.334 e. The molecule has 0 radical (unpaired) electrons. The summed E-state index contributed by atoms with van der Waals surface area (Å²) in [7, 11) is 0. The van der Waals surface area contributed by atoms with Gasteiger partial charge in [-0.15, -0.1) is 0 Å². The molecule has 0 fully saturated rings. The average Bonchev–Trinajstić information content (AvgIpc) is 2.66. The summed E-state index contributed by atoms with van der Waals surface area (Å²) in [6.45, 7) is 0.846. The van der Waals surface area contributed by atoms with E-state index in [0.29, 0.717) is 3.57 Å². The predicted molar refractivity (Wildman–Crippen MR) is 67.5 cm³/mol. The Morgan fingerprint density at radius 2 is 2.36 bits per heavy atom. The van der Waals surface area contributed by atoms with Gasteiger partial charge >= 0.3 is 0 Å². The Balaban J connectivity index is 2.20. The van der Waals surface area contributed by atoms with Crippen molar-refractivity contribution in [1.82, 2.24) is 0 Å². The second-order valence-corrected chi connectivity index (χ2v) is 4.92. The number of benzene rings is 1. The van der Waals surface area contributed by atoms with Gasteiger partial charge < -0.3 is 5.32 Å². The highest BCUT2D eigenvalue weighted by atomic mass is 127. The van der Waals surface area contributed by atoms with Crippen LogP contribution in [0, 0.1) is 9.39 Å². The maximum absolute atomic E-state index is 13.2. The van der Waals surface area contributed by atoms with Gasteiger partial charge in [0.1, 0.15) is 5.82 Å². The minimum atomic E-state index is -0.195. The van der Waals surface area contributed by atoms with Crippen LogP contribution in [0.25, 0.3) is 0 Å². The summed E-state index contributed by atoms with van der Waals surface area (Å²) in [4.78, 5) is 4.24. The van der Waals surface area contributed by atoms with Crippen LogP contribution >= 0.6 is 34.4 Å². The van der Waals surface area contributed by atoms with Crippen LogP contribution < -0.4 is 5.32 Å². The molecular weight excluding hydrogens is 314 g/mol. The Hall–Kier alpha value is -0.300. The van der Waals surface area contributed by atoms with E-state index in [0.717, 1.165) is 23.2 Å². The smallest absolute Gasteiger partial charge is 0.161 e. The molecule has 0 saturated heterocycles. The van der Waals surface area contributed by atoms with E-state index < -0.39 is 0 Å². The van der Waals surface area contributed by atoms with Crippen molar-refractivity contribution in [3.63, 3.8) is 0 Å². The van der Waals surface area contributed by atoms with Crippen LogP contribution in [-0.4, -0.2) is 17.5 Å². The number of anilines is 1. The maximum atomic E-state index is 13.2. The SMILES string of the molecule is Fc1cccc(NC2=NCCS2)c1I. The van der Waals surface area contributed by atoms with Crippen LogP contribution in [0.15, 0.2) is 23.2 Å². The first-order chi connectivity index (χ1) is 6.77. The summed E-state index contributed by atoms with van der Waals surface area (Å²) in [5, 5.41) is 4.00. The third-order valence-electron chi connectivity index (χ3n) is 1.78. The molecule has 1 aliphatic rings. The summed E-state index contributed by atoms with van der Waals surface area (Å²) in [6.07, 6.45) is 0. The van der Waals surface area contributed by atoms with Gasteiger partial charge in [-0.1, -0.05) is 17.8 Å². The zero-order chi connectivity index (χ0) is 9.97. The molecule has 0 bridgehead atoms. The third-order valence-corrected chi connectivity index (χ3v) is 3.77. The largest absolute Gasteiger partial charge is 0.334 e. The first-order valence-corrected chi connectivity index (χ1v) is 6.22. The van der Waals surface area contributed by atoms with Crippen molar-refractivity contribution in [2.24, 2.45) is 4.99 Å². The number of thioether (sulfide) groups is 1. The van der Waals surface area contributed by atoms with E-state index in [9.17, 15) is 4.39 Å². The van der Waals surface area contributed by atoms with E-state index in [1.807, 2.05) is 28.7 Å². The van der Waals surface area contributed by atoms with Crippen LogP contribution in [0.4, 0.5) is 10.1 Å². The highest BCUT2D eigenvalue weighted by molar-refractivity contribution is 14.1. The third kappa shape index (κ3) is 2.20. The van der Waals surface area contributed by atoms with Gasteiger partial charge in [-0.3, -0.25) is 4.99 Å². The van der Waals surface area contributed by atoms with Crippen molar-refractivity contribution in [3.05, 3.63) is 27.6 Å². The molecule has 2 rings (SSSR count). The molecule has 0 amide bonds. The molecule has 0 aliphatic carbocycles. The van der Waals surface area contributed by atoms with Crippen LogP contribution in [0.3, 0.4) is 0 Å². The zero-order valence-corrected chi connectivity index (χ0v) is 10.2. The van der Waals surface area contributed by atoms with Gasteiger partial charge in [-0.05, 0) is 34.7 Å². The number of aliphatic imine (C=N–C) groups is 1. The summed E-state index contributed by atoms with van der Waals surface area (Å²) < 4.78 is 13.8. The van der Waals surface area contributed by atoms with Crippen LogP contribution in [0.1, 0.15) is 0 Å². The highest BCUT2D eigenvalue weighted by Crippen LogP contribution is 2.23. The monoisotopic (exact) mass is 322 g/mol. The number of rotatable bonds is 1. The van der Waals surface area contributed by atoms with Crippen LogP contribution in [0.2, 0.25) is 0 Å².